The molecule has 150 valence electrons. The molecule has 0 heterocycles. The molecule has 0 unspecified atom stereocenters. The highest BCUT2D eigenvalue weighted by molar-refractivity contribution is 6.14. The molecule has 6 heteroatoms. The van der Waals surface area contributed by atoms with Crippen LogP contribution in [0.5, 0.6) is 0 Å². The number of ether oxygens (including phenoxy) is 2. The van der Waals surface area contributed by atoms with Crippen LogP contribution < -0.4 is 5.32 Å². The molecule has 0 aliphatic carbocycles. The van der Waals surface area contributed by atoms with E-state index in [0.717, 1.165) is 0 Å². The van der Waals surface area contributed by atoms with Gasteiger partial charge in [-0.15, -0.1) is 0 Å². The molecule has 0 spiro atoms. The fourth-order valence-electron chi connectivity index (χ4n) is 2.34. The van der Waals surface area contributed by atoms with E-state index in [-0.39, 0.29) is 31.1 Å². The molecule has 0 aliphatic heterocycles. The number of nitrogens with one attached hydrogen (secondary N) is 1. The van der Waals surface area contributed by atoms with E-state index in [2.05, 4.69) is 11.9 Å². The highest BCUT2D eigenvalue weighted by Gasteiger charge is 2.17. The number of ketones is 1. The van der Waals surface area contributed by atoms with Crippen molar-refractivity contribution in [1.29, 1.82) is 0 Å². The third kappa shape index (κ3) is 7.61. The first kappa shape index (κ1) is 22.9. The van der Waals surface area contributed by atoms with Crippen molar-refractivity contribution < 1.29 is 23.9 Å². The fourth-order valence-corrected chi connectivity index (χ4v) is 2.34. The molecule has 1 aromatic rings. The zero-order chi connectivity index (χ0) is 20.9. The van der Waals surface area contributed by atoms with Crippen LogP contribution in [0.4, 0.5) is 5.69 Å². The van der Waals surface area contributed by atoms with Crippen LogP contribution in [0.25, 0.3) is 0 Å². The van der Waals surface area contributed by atoms with E-state index in [1.54, 1.807) is 37.3 Å². The largest absolute Gasteiger partial charge is 0.497 e. The number of hydrogen-bond acceptors (Lipinski definition) is 5. The molecule has 0 aliphatic rings. The number of carbonyl (C=O) groups excluding carboxylic acids is 3. The zero-order valence-electron chi connectivity index (χ0n) is 16.6. The van der Waals surface area contributed by atoms with E-state index in [4.69, 9.17) is 9.47 Å². The number of benzene rings is 1. The Hall–Kier alpha value is -3.15. The van der Waals surface area contributed by atoms with Gasteiger partial charge in [-0.25, -0.2) is 0 Å². The van der Waals surface area contributed by atoms with Crippen molar-refractivity contribution in [2.45, 2.75) is 33.1 Å². The van der Waals surface area contributed by atoms with Crippen LogP contribution in [0.1, 0.15) is 43.5 Å². The van der Waals surface area contributed by atoms with Gasteiger partial charge in [-0.05, 0) is 38.5 Å². The van der Waals surface area contributed by atoms with Crippen molar-refractivity contribution >= 4 is 23.3 Å². The van der Waals surface area contributed by atoms with Crippen molar-refractivity contribution in [2.75, 3.05) is 19.0 Å². The van der Waals surface area contributed by atoms with Crippen LogP contribution in [0.2, 0.25) is 0 Å². The molecule has 6 nitrogen and oxygen atoms in total. The van der Waals surface area contributed by atoms with Gasteiger partial charge in [0.05, 0.1) is 25.8 Å². The Kier molecular flexibility index (Phi) is 10.0. The number of carbonyl (C=O) groups is 3. The summed E-state index contributed by atoms with van der Waals surface area (Å²) in [5.74, 6) is -0.674. The maximum atomic E-state index is 13.0. The molecule has 0 fully saturated rings. The number of hydrogen-bond donors (Lipinski definition) is 1. The maximum Gasteiger partial charge on any atom is 0.306 e. The average molecular weight is 385 g/mol. The summed E-state index contributed by atoms with van der Waals surface area (Å²) in [5, 5.41) is 2.70. The second-order valence-electron chi connectivity index (χ2n) is 5.84. The van der Waals surface area contributed by atoms with E-state index in [1.165, 1.54) is 7.11 Å². The Morgan fingerprint density at radius 3 is 2.54 bits per heavy atom. The number of esters is 1. The summed E-state index contributed by atoms with van der Waals surface area (Å²) in [6, 6.07) is 6.73. The Balaban J connectivity index is 3.00. The first-order chi connectivity index (χ1) is 13.4. The van der Waals surface area contributed by atoms with E-state index in [1.807, 2.05) is 19.1 Å². The quantitative estimate of drug-likeness (QED) is 0.154. The van der Waals surface area contributed by atoms with Gasteiger partial charge in [-0.3, -0.25) is 14.4 Å². The molecule has 1 aromatic carbocycles. The first-order valence-corrected chi connectivity index (χ1v) is 9.06. The molecule has 0 bridgehead atoms. The molecule has 0 radical (unpaired) electrons. The molecule has 1 rings (SSSR count). The SMILES string of the molecule is C=C(/C=C(\C/C=C\C)C(=O)c1ccccc1NC(=O)CCC(=O)OCC)OC. The Labute approximate surface area is 165 Å². The number of amides is 1. The minimum atomic E-state index is -0.434. The van der Waals surface area contributed by atoms with Crippen LogP contribution in [0.3, 0.4) is 0 Å². The average Bonchev–Trinajstić information content (AvgIpc) is 2.69. The number of rotatable bonds is 11. The molecular formula is C22H27NO5. The summed E-state index contributed by atoms with van der Waals surface area (Å²) in [6.45, 7) is 7.58. The van der Waals surface area contributed by atoms with E-state index < -0.39 is 5.97 Å². The lowest BCUT2D eigenvalue weighted by molar-refractivity contribution is -0.144. The standard InChI is InChI=1S/C22H27NO5/c1-5-7-10-17(15-16(3)27-4)22(26)18-11-8-9-12-19(18)23-20(24)13-14-21(25)28-6-2/h5,7-9,11-12,15H,3,6,10,13-14H2,1-2,4H3,(H,23,24)/b7-5-,17-15+. The number of anilines is 1. The van der Waals surface area contributed by atoms with Gasteiger partial charge in [-0.2, -0.15) is 0 Å². The summed E-state index contributed by atoms with van der Waals surface area (Å²) < 4.78 is 9.87. The summed E-state index contributed by atoms with van der Waals surface area (Å²) in [4.78, 5) is 36.6. The second-order valence-corrected chi connectivity index (χ2v) is 5.84. The third-order valence-corrected chi connectivity index (χ3v) is 3.77. The smallest absolute Gasteiger partial charge is 0.306 e. The van der Waals surface area contributed by atoms with Gasteiger partial charge in [0.25, 0.3) is 0 Å². The minimum absolute atomic E-state index is 0.0180. The minimum Gasteiger partial charge on any atom is -0.497 e. The summed E-state index contributed by atoms with van der Waals surface area (Å²) in [7, 11) is 1.48. The summed E-state index contributed by atoms with van der Waals surface area (Å²) >= 11 is 0. The topological polar surface area (TPSA) is 81.7 Å². The lowest BCUT2D eigenvalue weighted by Gasteiger charge is -2.12. The molecule has 1 amide bonds. The lowest BCUT2D eigenvalue weighted by Crippen LogP contribution is -2.17. The second kappa shape index (κ2) is 12.3. The number of allylic oxidation sites excluding steroid dienone is 4. The van der Waals surface area contributed by atoms with Crippen LogP contribution in [-0.2, 0) is 19.1 Å². The molecule has 0 saturated carbocycles. The first-order valence-electron chi connectivity index (χ1n) is 9.06. The molecule has 0 aromatic heterocycles. The Morgan fingerprint density at radius 2 is 1.89 bits per heavy atom. The molecule has 0 atom stereocenters. The molecular weight excluding hydrogens is 358 g/mol. The van der Waals surface area contributed by atoms with Crippen molar-refractivity contribution in [3.05, 3.63) is 66.0 Å². The summed E-state index contributed by atoms with van der Waals surface area (Å²) in [6.07, 6.45) is 5.65. The van der Waals surface area contributed by atoms with Gasteiger partial charge >= 0.3 is 5.97 Å². The molecule has 1 N–H and O–H groups in total. The van der Waals surface area contributed by atoms with Gasteiger partial charge in [0.15, 0.2) is 5.78 Å². The maximum absolute atomic E-state index is 13.0. The fraction of sp³-hybridized carbons (Fsp3) is 0.318. The van der Waals surface area contributed by atoms with Crippen molar-refractivity contribution in [3.63, 3.8) is 0 Å². The predicted octanol–water partition coefficient (Wildman–Crippen LogP) is 4.20. The number of para-hydroxylation sites is 1. The Bertz CT molecular complexity index is 777. The summed E-state index contributed by atoms with van der Waals surface area (Å²) in [5.41, 5.74) is 1.22. The highest BCUT2D eigenvalue weighted by atomic mass is 16.5. The van der Waals surface area contributed by atoms with E-state index in [0.29, 0.717) is 29.0 Å². The van der Waals surface area contributed by atoms with Crippen LogP contribution >= 0.6 is 0 Å². The number of Topliss-reactive ketones (excluding diaryl/α,β-unsaturated/α-hetero) is 1. The van der Waals surface area contributed by atoms with Gasteiger partial charge in [0.2, 0.25) is 5.91 Å². The van der Waals surface area contributed by atoms with Crippen molar-refractivity contribution in [3.8, 4) is 0 Å². The Morgan fingerprint density at radius 1 is 1.18 bits per heavy atom. The molecule has 28 heavy (non-hydrogen) atoms. The van der Waals surface area contributed by atoms with Gasteiger partial charge in [-0.1, -0.05) is 30.9 Å². The van der Waals surface area contributed by atoms with Crippen LogP contribution in [-0.4, -0.2) is 31.4 Å². The van der Waals surface area contributed by atoms with Crippen molar-refractivity contribution in [1.82, 2.24) is 0 Å². The molecule has 0 saturated heterocycles. The van der Waals surface area contributed by atoms with Crippen molar-refractivity contribution in [2.24, 2.45) is 0 Å². The third-order valence-electron chi connectivity index (χ3n) is 3.77. The highest BCUT2D eigenvalue weighted by Crippen LogP contribution is 2.22. The monoisotopic (exact) mass is 385 g/mol. The normalized spacial score (nSPS) is 11.2. The van der Waals surface area contributed by atoms with Crippen LogP contribution in [0.15, 0.2) is 60.4 Å². The van der Waals surface area contributed by atoms with Crippen LogP contribution in [0, 0.1) is 0 Å². The lowest BCUT2D eigenvalue weighted by atomic mass is 9.98. The zero-order valence-corrected chi connectivity index (χ0v) is 16.6. The number of methoxy groups -OCH3 is 1. The van der Waals surface area contributed by atoms with E-state index in [9.17, 15) is 14.4 Å². The van der Waals surface area contributed by atoms with Gasteiger partial charge in [0, 0.05) is 17.6 Å². The predicted molar refractivity (Wildman–Crippen MR) is 109 cm³/mol. The van der Waals surface area contributed by atoms with Gasteiger partial charge < -0.3 is 14.8 Å². The van der Waals surface area contributed by atoms with E-state index >= 15 is 0 Å². The van der Waals surface area contributed by atoms with Gasteiger partial charge in [0.1, 0.15) is 5.76 Å².